The minimum atomic E-state index is -2.11. The SMILES string of the molecule is NNc1ncc(CS(=O)[O-])cn1. The van der Waals surface area contributed by atoms with Crippen LogP contribution in [0.3, 0.4) is 0 Å². The molecule has 0 aliphatic rings. The molecular weight excluding hydrogens is 180 g/mol. The Kier molecular flexibility index (Phi) is 3.09. The molecule has 1 atom stereocenters. The second kappa shape index (κ2) is 4.10. The summed E-state index contributed by atoms with van der Waals surface area (Å²) in [6.45, 7) is 0. The standard InChI is InChI=1S/C5H8N4O2S/c6-9-5-7-1-4(2-8-5)3-12(10)11/h1-2H,3,6H2,(H,10,11)(H,7,8,9)/p-1. The van der Waals surface area contributed by atoms with Crippen LogP contribution in [0.15, 0.2) is 12.4 Å². The Bertz CT molecular complexity index is 275. The normalized spacial score (nSPS) is 12.5. The molecule has 1 aromatic heterocycles. The predicted molar refractivity (Wildman–Crippen MR) is 42.5 cm³/mol. The van der Waals surface area contributed by atoms with E-state index in [2.05, 4.69) is 15.4 Å². The van der Waals surface area contributed by atoms with Crippen molar-refractivity contribution in [2.24, 2.45) is 5.84 Å². The largest absolute Gasteiger partial charge is 0.772 e. The van der Waals surface area contributed by atoms with Gasteiger partial charge in [-0.2, -0.15) is 0 Å². The van der Waals surface area contributed by atoms with E-state index < -0.39 is 11.1 Å². The lowest BCUT2D eigenvalue weighted by Crippen LogP contribution is -2.10. The van der Waals surface area contributed by atoms with Crippen molar-refractivity contribution in [1.29, 1.82) is 0 Å². The van der Waals surface area contributed by atoms with E-state index in [1.807, 2.05) is 0 Å². The molecule has 1 unspecified atom stereocenters. The molecule has 0 aliphatic heterocycles. The first-order valence-corrected chi connectivity index (χ1v) is 4.30. The van der Waals surface area contributed by atoms with Gasteiger partial charge < -0.3 is 4.55 Å². The third kappa shape index (κ3) is 2.53. The van der Waals surface area contributed by atoms with E-state index in [1.54, 1.807) is 0 Å². The lowest BCUT2D eigenvalue weighted by Gasteiger charge is -2.03. The fraction of sp³-hybridized carbons (Fsp3) is 0.200. The van der Waals surface area contributed by atoms with Crippen molar-refractivity contribution in [3.8, 4) is 0 Å². The molecule has 66 valence electrons. The van der Waals surface area contributed by atoms with E-state index in [0.717, 1.165) is 0 Å². The molecule has 0 fully saturated rings. The molecule has 0 saturated heterocycles. The van der Waals surface area contributed by atoms with Crippen LogP contribution in [0.1, 0.15) is 5.56 Å². The smallest absolute Gasteiger partial charge is 0.237 e. The zero-order valence-electron chi connectivity index (χ0n) is 6.06. The number of aromatic nitrogens is 2. The lowest BCUT2D eigenvalue weighted by atomic mass is 10.4. The van der Waals surface area contributed by atoms with Crippen molar-refractivity contribution in [1.82, 2.24) is 9.97 Å². The highest BCUT2D eigenvalue weighted by Gasteiger charge is 1.94. The van der Waals surface area contributed by atoms with Crippen molar-refractivity contribution in [2.45, 2.75) is 5.75 Å². The minimum Gasteiger partial charge on any atom is -0.772 e. The first kappa shape index (κ1) is 9.04. The quantitative estimate of drug-likeness (QED) is 0.362. The van der Waals surface area contributed by atoms with Gasteiger partial charge in [0.2, 0.25) is 5.95 Å². The summed E-state index contributed by atoms with van der Waals surface area (Å²) in [5, 5.41) is 0. The monoisotopic (exact) mass is 187 g/mol. The second-order valence-corrected chi connectivity index (χ2v) is 2.90. The number of rotatable bonds is 3. The molecule has 0 aromatic carbocycles. The van der Waals surface area contributed by atoms with Crippen LogP contribution < -0.4 is 11.3 Å². The van der Waals surface area contributed by atoms with Crippen molar-refractivity contribution in [2.75, 3.05) is 5.43 Å². The molecule has 1 rings (SSSR count). The van der Waals surface area contributed by atoms with Crippen LogP contribution in [-0.2, 0) is 16.8 Å². The number of anilines is 1. The van der Waals surface area contributed by atoms with Crippen molar-refractivity contribution in [3.63, 3.8) is 0 Å². The number of nitrogens with one attached hydrogen (secondary N) is 1. The van der Waals surface area contributed by atoms with Gasteiger partial charge in [-0.15, -0.1) is 0 Å². The molecule has 7 heteroatoms. The van der Waals surface area contributed by atoms with E-state index in [-0.39, 0.29) is 11.7 Å². The van der Waals surface area contributed by atoms with Gasteiger partial charge in [0, 0.05) is 23.7 Å². The molecule has 3 N–H and O–H groups in total. The molecule has 0 radical (unpaired) electrons. The van der Waals surface area contributed by atoms with Crippen LogP contribution in [0, 0.1) is 0 Å². The summed E-state index contributed by atoms with van der Waals surface area (Å²) in [6.07, 6.45) is 2.80. The maximum absolute atomic E-state index is 10.2. The highest BCUT2D eigenvalue weighted by atomic mass is 32.2. The minimum absolute atomic E-state index is 0.0785. The number of nitrogens with zero attached hydrogens (tertiary/aromatic N) is 2. The van der Waals surface area contributed by atoms with Crippen LogP contribution >= 0.6 is 0 Å². The molecule has 0 bridgehead atoms. The average molecular weight is 187 g/mol. The summed E-state index contributed by atoms with van der Waals surface area (Å²) >= 11 is -2.11. The number of hydrogen-bond acceptors (Lipinski definition) is 6. The fourth-order valence-electron chi connectivity index (χ4n) is 0.640. The van der Waals surface area contributed by atoms with Gasteiger partial charge >= 0.3 is 0 Å². The molecule has 0 amide bonds. The van der Waals surface area contributed by atoms with Gasteiger partial charge in [0.1, 0.15) is 0 Å². The van der Waals surface area contributed by atoms with Gasteiger partial charge in [-0.25, -0.2) is 15.8 Å². The Balaban J connectivity index is 2.71. The number of nitrogens with two attached hydrogens (primary N) is 1. The van der Waals surface area contributed by atoms with Gasteiger partial charge in [0.15, 0.2) is 0 Å². The number of hydrazine groups is 1. The highest BCUT2D eigenvalue weighted by molar-refractivity contribution is 7.78. The number of hydrogen-bond donors (Lipinski definition) is 2. The van der Waals surface area contributed by atoms with Gasteiger partial charge in [-0.3, -0.25) is 9.63 Å². The average Bonchev–Trinajstić information content (AvgIpc) is 2.05. The zero-order valence-corrected chi connectivity index (χ0v) is 6.87. The zero-order chi connectivity index (χ0) is 8.97. The molecule has 12 heavy (non-hydrogen) atoms. The Hall–Kier alpha value is -1.05. The van der Waals surface area contributed by atoms with E-state index >= 15 is 0 Å². The van der Waals surface area contributed by atoms with Crippen LogP contribution in [0.5, 0.6) is 0 Å². The summed E-state index contributed by atoms with van der Waals surface area (Å²) < 4.78 is 20.5. The third-order valence-electron chi connectivity index (χ3n) is 1.12. The summed E-state index contributed by atoms with van der Waals surface area (Å²) in [4.78, 5) is 7.46. The first-order valence-electron chi connectivity index (χ1n) is 3.06. The molecule has 1 heterocycles. The summed E-state index contributed by atoms with van der Waals surface area (Å²) in [7, 11) is 0. The Morgan fingerprint density at radius 1 is 1.58 bits per heavy atom. The first-order chi connectivity index (χ1) is 5.72. The lowest BCUT2D eigenvalue weighted by molar-refractivity contribution is 0.536. The van der Waals surface area contributed by atoms with Crippen molar-refractivity contribution >= 4 is 17.0 Å². The Morgan fingerprint density at radius 2 is 2.17 bits per heavy atom. The fourth-order valence-corrected chi connectivity index (χ4v) is 1.06. The van der Waals surface area contributed by atoms with Crippen molar-refractivity contribution < 1.29 is 8.76 Å². The van der Waals surface area contributed by atoms with Gasteiger partial charge in [-0.05, 0) is 0 Å². The van der Waals surface area contributed by atoms with Gasteiger partial charge in [0.05, 0.1) is 0 Å². The maximum atomic E-state index is 10.2. The molecule has 0 saturated carbocycles. The number of nitrogen functional groups attached to an aromatic ring is 1. The van der Waals surface area contributed by atoms with E-state index in [0.29, 0.717) is 5.56 Å². The third-order valence-corrected chi connectivity index (χ3v) is 1.69. The summed E-state index contributed by atoms with van der Waals surface area (Å²) in [6, 6.07) is 0. The van der Waals surface area contributed by atoms with Crippen LogP contribution in [0.4, 0.5) is 5.95 Å². The van der Waals surface area contributed by atoms with Gasteiger partial charge in [0.25, 0.3) is 0 Å². The molecule has 0 aliphatic carbocycles. The van der Waals surface area contributed by atoms with E-state index in [1.165, 1.54) is 12.4 Å². The van der Waals surface area contributed by atoms with E-state index in [4.69, 9.17) is 5.84 Å². The Morgan fingerprint density at radius 3 is 2.58 bits per heavy atom. The van der Waals surface area contributed by atoms with E-state index in [9.17, 15) is 8.76 Å². The van der Waals surface area contributed by atoms with Gasteiger partial charge in [-0.1, -0.05) is 11.1 Å². The van der Waals surface area contributed by atoms with Crippen LogP contribution in [0.25, 0.3) is 0 Å². The summed E-state index contributed by atoms with van der Waals surface area (Å²) in [5.41, 5.74) is 2.76. The summed E-state index contributed by atoms with van der Waals surface area (Å²) in [5.74, 6) is 5.19. The van der Waals surface area contributed by atoms with Crippen molar-refractivity contribution in [3.05, 3.63) is 18.0 Å². The maximum Gasteiger partial charge on any atom is 0.237 e. The molecule has 6 nitrogen and oxygen atoms in total. The highest BCUT2D eigenvalue weighted by Crippen LogP contribution is 2.00. The molecule has 0 spiro atoms. The van der Waals surface area contributed by atoms with Crippen LogP contribution in [0.2, 0.25) is 0 Å². The molecule has 1 aromatic rings. The molecular formula is C5H7N4O2S-. The topological polar surface area (TPSA) is 104 Å². The van der Waals surface area contributed by atoms with Crippen LogP contribution in [-0.4, -0.2) is 18.7 Å². The second-order valence-electron chi connectivity index (χ2n) is 2.01. The Labute approximate surface area is 71.5 Å². The predicted octanol–water partition coefficient (Wildman–Crippen LogP) is -0.859.